The van der Waals surface area contributed by atoms with Gasteiger partial charge in [-0.25, -0.2) is 4.99 Å². The van der Waals surface area contributed by atoms with Crippen LogP contribution in [0.2, 0.25) is 0 Å². The maximum atomic E-state index is 12.8. The lowest BCUT2D eigenvalue weighted by atomic mass is 10.1. The average Bonchev–Trinajstić information content (AvgIpc) is 3.40. The summed E-state index contributed by atoms with van der Waals surface area (Å²) < 4.78 is 1.69. The molecule has 2 atom stereocenters. The van der Waals surface area contributed by atoms with Crippen LogP contribution in [0.1, 0.15) is 37.3 Å². The molecule has 0 aliphatic heterocycles. The molecule has 1 unspecified atom stereocenters. The summed E-state index contributed by atoms with van der Waals surface area (Å²) in [5.41, 5.74) is 9.29. The Labute approximate surface area is 184 Å². The van der Waals surface area contributed by atoms with Gasteiger partial charge in [0.05, 0.1) is 11.8 Å². The van der Waals surface area contributed by atoms with Crippen molar-refractivity contribution in [3.63, 3.8) is 0 Å². The third-order valence-corrected chi connectivity index (χ3v) is 5.80. The summed E-state index contributed by atoms with van der Waals surface area (Å²) in [6, 6.07) is 10.8. The van der Waals surface area contributed by atoms with Gasteiger partial charge in [0.1, 0.15) is 5.82 Å². The Morgan fingerprint density at radius 2 is 2.13 bits per heavy atom. The molecule has 0 spiro atoms. The molecule has 1 saturated carbocycles. The van der Waals surface area contributed by atoms with E-state index in [1.807, 2.05) is 19.3 Å². The molecule has 0 saturated heterocycles. The maximum absolute atomic E-state index is 12.8. The van der Waals surface area contributed by atoms with Crippen LogP contribution in [0.3, 0.4) is 0 Å². The van der Waals surface area contributed by atoms with E-state index < -0.39 is 0 Å². The van der Waals surface area contributed by atoms with Crippen molar-refractivity contribution < 1.29 is 4.79 Å². The van der Waals surface area contributed by atoms with Gasteiger partial charge in [-0.05, 0) is 44.4 Å². The van der Waals surface area contributed by atoms with Gasteiger partial charge in [0.15, 0.2) is 0 Å². The highest BCUT2D eigenvalue weighted by atomic mass is 16.1. The Hall–Kier alpha value is -3.19. The van der Waals surface area contributed by atoms with E-state index in [1.165, 1.54) is 5.56 Å². The van der Waals surface area contributed by atoms with Crippen molar-refractivity contribution in [3.8, 4) is 0 Å². The summed E-state index contributed by atoms with van der Waals surface area (Å²) in [4.78, 5) is 19.4. The summed E-state index contributed by atoms with van der Waals surface area (Å²) in [5.74, 6) is 0.0152. The second-order valence-corrected chi connectivity index (χ2v) is 8.18. The van der Waals surface area contributed by atoms with Crippen LogP contribution in [0.4, 0.5) is 0 Å². The minimum absolute atomic E-state index is 0.0956. The topological polar surface area (TPSA) is 88.5 Å². The first-order chi connectivity index (χ1) is 14.8. The average molecular weight is 421 g/mol. The number of aliphatic imine (C=N–C) groups is 1. The number of nitrogens with one attached hydrogen (secondary N) is 1. The third kappa shape index (κ3) is 5.92. The number of aryl methyl sites for hydroxylation is 1. The molecule has 1 amide bonds. The summed E-state index contributed by atoms with van der Waals surface area (Å²) >= 11 is 0. The fraction of sp³-hybridized carbons (Fsp3) is 0.375. The molecule has 0 bridgehead atoms. The molecular formula is C24H32N6O. The molecule has 31 heavy (non-hydrogen) atoms. The molecule has 1 heterocycles. The molecule has 7 nitrogen and oxygen atoms in total. The van der Waals surface area contributed by atoms with Gasteiger partial charge in [-0.2, -0.15) is 5.10 Å². The van der Waals surface area contributed by atoms with Crippen molar-refractivity contribution >= 4 is 17.7 Å². The Kier molecular flexibility index (Phi) is 7.41. The second-order valence-electron chi connectivity index (χ2n) is 8.18. The number of carbonyl (C=O) groups excluding carboxylic acids is 1. The standard InChI is InChI=1S/C24H32N6O/c1-17(20-14-27-30(4)16-20)13-26-23(25)18(2)24(31)28-21-11-8-12-22(21)29(3)15-19-9-6-5-7-10-19/h5-7,9-10,13-14,16,21-22H,1,8,11-12,15,25H2,2-4H3,(H,28,31)/b23-18+,26-13-/t21-,22?/m0/s1. The minimum atomic E-state index is -0.174. The van der Waals surface area contributed by atoms with Crippen molar-refractivity contribution in [2.24, 2.45) is 17.8 Å². The molecule has 164 valence electrons. The predicted molar refractivity (Wildman–Crippen MR) is 125 cm³/mol. The van der Waals surface area contributed by atoms with E-state index in [0.717, 1.165) is 31.4 Å². The number of nitrogens with zero attached hydrogens (tertiary/aromatic N) is 4. The highest BCUT2D eigenvalue weighted by Gasteiger charge is 2.31. The van der Waals surface area contributed by atoms with Crippen molar-refractivity contribution in [1.82, 2.24) is 20.0 Å². The SMILES string of the molecule is C=C(/C=N\C(N)=C(/C)C(=O)N[C@H]1CCCC1N(C)Cc1ccccc1)c1cnn(C)c1. The zero-order chi connectivity index (χ0) is 22.4. The van der Waals surface area contributed by atoms with Gasteiger partial charge < -0.3 is 11.1 Å². The van der Waals surface area contributed by atoms with Crippen LogP contribution in [0.5, 0.6) is 0 Å². The number of benzene rings is 1. The largest absolute Gasteiger partial charge is 0.383 e. The predicted octanol–water partition coefficient (Wildman–Crippen LogP) is 2.86. The van der Waals surface area contributed by atoms with Crippen LogP contribution < -0.4 is 11.1 Å². The number of hydrogen-bond acceptors (Lipinski definition) is 5. The summed E-state index contributed by atoms with van der Waals surface area (Å²) in [6.45, 7) is 6.53. The first-order valence-corrected chi connectivity index (χ1v) is 10.6. The van der Waals surface area contributed by atoms with Crippen LogP contribution in [0.15, 0.2) is 65.7 Å². The fourth-order valence-corrected chi connectivity index (χ4v) is 3.92. The highest BCUT2D eigenvalue weighted by molar-refractivity contribution is 6.09. The lowest BCUT2D eigenvalue weighted by molar-refractivity contribution is -0.118. The molecule has 1 aliphatic carbocycles. The molecule has 2 aromatic rings. The molecule has 1 aromatic heterocycles. The molecule has 3 N–H and O–H groups in total. The summed E-state index contributed by atoms with van der Waals surface area (Å²) in [7, 11) is 3.96. The minimum Gasteiger partial charge on any atom is -0.383 e. The summed E-state index contributed by atoms with van der Waals surface area (Å²) in [5, 5.41) is 7.29. The van der Waals surface area contributed by atoms with Crippen LogP contribution in [-0.4, -0.2) is 45.9 Å². The Morgan fingerprint density at radius 3 is 2.81 bits per heavy atom. The molecule has 7 heteroatoms. The third-order valence-electron chi connectivity index (χ3n) is 5.80. The van der Waals surface area contributed by atoms with E-state index in [4.69, 9.17) is 5.73 Å². The molecular weight excluding hydrogens is 388 g/mol. The zero-order valence-corrected chi connectivity index (χ0v) is 18.6. The molecule has 1 aliphatic rings. The van der Waals surface area contributed by atoms with E-state index in [9.17, 15) is 4.79 Å². The van der Waals surface area contributed by atoms with Crippen LogP contribution in [0, 0.1) is 0 Å². The van der Waals surface area contributed by atoms with Crippen LogP contribution in [-0.2, 0) is 18.4 Å². The number of nitrogens with two attached hydrogens (primary N) is 1. The van der Waals surface area contributed by atoms with Crippen molar-refractivity contribution in [2.45, 2.75) is 44.8 Å². The highest BCUT2D eigenvalue weighted by Crippen LogP contribution is 2.25. The number of likely N-dealkylation sites (N-methyl/N-ethyl adjacent to an activating group) is 1. The Bertz CT molecular complexity index is 975. The monoisotopic (exact) mass is 420 g/mol. The van der Waals surface area contributed by atoms with Crippen molar-refractivity contribution in [3.05, 3.63) is 71.8 Å². The van der Waals surface area contributed by atoms with Crippen molar-refractivity contribution in [2.75, 3.05) is 7.05 Å². The lowest BCUT2D eigenvalue weighted by Crippen LogP contribution is -2.47. The second kappa shape index (κ2) is 10.2. The number of allylic oxidation sites excluding steroid dienone is 1. The van der Waals surface area contributed by atoms with Gasteiger partial charge in [-0.1, -0.05) is 36.9 Å². The van der Waals surface area contributed by atoms with E-state index >= 15 is 0 Å². The van der Waals surface area contributed by atoms with E-state index in [0.29, 0.717) is 17.2 Å². The first kappa shape index (κ1) is 22.5. The normalized spacial score (nSPS) is 19.6. The van der Waals surface area contributed by atoms with Gasteiger partial charge in [-0.3, -0.25) is 14.4 Å². The summed E-state index contributed by atoms with van der Waals surface area (Å²) in [6.07, 6.45) is 8.24. The van der Waals surface area contributed by atoms with Gasteiger partial charge >= 0.3 is 0 Å². The number of carbonyl (C=O) groups is 1. The molecule has 3 rings (SSSR count). The first-order valence-electron chi connectivity index (χ1n) is 10.6. The number of rotatable bonds is 8. The van der Waals surface area contributed by atoms with Gasteiger partial charge in [0.2, 0.25) is 0 Å². The van der Waals surface area contributed by atoms with E-state index in [2.05, 4.69) is 58.2 Å². The van der Waals surface area contributed by atoms with Gasteiger partial charge in [0, 0.05) is 43.7 Å². The van der Waals surface area contributed by atoms with E-state index in [1.54, 1.807) is 24.0 Å². The van der Waals surface area contributed by atoms with E-state index in [-0.39, 0.29) is 17.8 Å². The maximum Gasteiger partial charge on any atom is 0.250 e. The Balaban J connectivity index is 1.60. The number of aromatic nitrogens is 2. The van der Waals surface area contributed by atoms with Crippen LogP contribution in [0.25, 0.3) is 5.57 Å². The number of amides is 1. The van der Waals surface area contributed by atoms with Crippen molar-refractivity contribution in [1.29, 1.82) is 0 Å². The molecule has 0 radical (unpaired) electrons. The van der Waals surface area contributed by atoms with Crippen LogP contribution >= 0.6 is 0 Å². The Morgan fingerprint density at radius 1 is 1.39 bits per heavy atom. The molecule has 1 aromatic carbocycles. The smallest absolute Gasteiger partial charge is 0.250 e. The quantitative estimate of drug-likeness (QED) is 0.508. The van der Waals surface area contributed by atoms with Gasteiger partial charge in [0.25, 0.3) is 5.91 Å². The molecule has 1 fully saturated rings. The van der Waals surface area contributed by atoms with Gasteiger partial charge in [-0.15, -0.1) is 0 Å². The lowest BCUT2D eigenvalue weighted by Gasteiger charge is -2.30. The number of hydrogen-bond donors (Lipinski definition) is 2. The fourth-order valence-electron chi connectivity index (χ4n) is 3.92. The zero-order valence-electron chi connectivity index (χ0n) is 18.6.